The topological polar surface area (TPSA) is 84.7 Å². The van der Waals surface area contributed by atoms with Gasteiger partial charge in [-0.15, -0.1) is 0 Å². The van der Waals surface area contributed by atoms with Crippen LogP contribution in [0.2, 0.25) is 0 Å². The molecule has 0 saturated carbocycles. The second kappa shape index (κ2) is 6.79. The molecule has 1 aliphatic rings. The summed E-state index contributed by atoms with van der Waals surface area (Å²) >= 11 is 0. The lowest BCUT2D eigenvalue weighted by Gasteiger charge is -2.30. The van der Waals surface area contributed by atoms with Crippen LogP contribution in [-0.4, -0.2) is 36.7 Å². The third kappa shape index (κ3) is 3.88. The van der Waals surface area contributed by atoms with Crippen molar-refractivity contribution in [1.82, 2.24) is 10.2 Å². The van der Waals surface area contributed by atoms with Crippen molar-refractivity contribution in [3.05, 3.63) is 30.3 Å². The number of likely N-dealkylation sites (tertiary alicyclic amines) is 1. The van der Waals surface area contributed by atoms with E-state index in [0.29, 0.717) is 31.7 Å². The van der Waals surface area contributed by atoms with Crippen molar-refractivity contribution in [1.29, 1.82) is 0 Å². The molecule has 0 atom stereocenters. The number of nitrogens with one attached hydrogen (secondary N) is 1. The van der Waals surface area contributed by atoms with Gasteiger partial charge in [-0.1, -0.05) is 18.2 Å². The maximum Gasteiger partial charge on any atom is 0.320 e. The standard InChI is InChI=1S/C14H19N3O3/c15-13(18)11-6-8-17(9-7-11)14(19)16-10-20-12-4-2-1-3-5-12/h1-5,11H,6-10H2,(H2,15,18)(H,16,19). The first-order valence-corrected chi connectivity index (χ1v) is 6.67. The minimum absolute atomic E-state index is 0.111. The number of piperidine rings is 1. The molecular formula is C14H19N3O3. The van der Waals surface area contributed by atoms with Crippen LogP contribution in [0.4, 0.5) is 4.79 Å². The van der Waals surface area contributed by atoms with Crippen molar-refractivity contribution >= 4 is 11.9 Å². The van der Waals surface area contributed by atoms with E-state index in [2.05, 4.69) is 5.32 Å². The van der Waals surface area contributed by atoms with Crippen molar-refractivity contribution in [3.63, 3.8) is 0 Å². The molecule has 0 bridgehead atoms. The first-order valence-electron chi connectivity index (χ1n) is 6.67. The number of benzene rings is 1. The summed E-state index contributed by atoms with van der Waals surface area (Å²) in [5.74, 6) is 0.317. The highest BCUT2D eigenvalue weighted by Crippen LogP contribution is 2.16. The number of nitrogens with zero attached hydrogens (tertiary/aromatic N) is 1. The molecule has 3 amide bonds. The third-order valence-corrected chi connectivity index (χ3v) is 3.39. The average molecular weight is 277 g/mol. The van der Waals surface area contributed by atoms with Crippen LogP contribution < -0.4 is 15.8 Å². The van der Waals surface area contributed by atoms with Crippen molar-refractivity contribution in [2.45, 2.75) is 12.8 Å². The maximum absolute atomic E-state index is 11.9. The second-order valence-corrected chi connectivity index (χ2v) is 4.75. The Kier molecular flexibility index (Phi) is 4.81. The maximum atomic E-state index is 11.9. The summed E-state index contributed by atoms with van der Waals surface area (Å²) in [7, 11) is 0. The highest BCUT2D eigenvalue weighted by Gasteiger charge is 2.25. The fourth-order valence-corrected chi connectivity index (χ4v) is 2.18. The molecule has 1 aliphatic heterocycles. The summed E-state index contributed by atoms with van der Waals surface area (Å²) < 4.78 is 5.39. The van der Waals surface area contributed by atoms with Crippen molar-refractivity contribution < 1.29 is 14.3 Å². The normalized spacial score (nSPS) is 15.7. The van der Waals surface area contributed by atoms with Crippen molar-refractivity contribution in [2.75, 3.05) is 19.8 Å². The molecule has 0 unspecified atom stereocenters. The van der Waals surface area contributed by atoms with Gasteiger partial charge >= 0.3 is 6.03 Å². The summed E-state index contributed by atoms with van der Waals surface area (Å²) in [4.78, 5) is 24.6. The Morgan fingerprint density at radius 3 is 2.50 bits per heavy atom. The predicted octanol–water partition coefficient (Wildman–Crippen LogP) is 0.930. The SMILES string of the molecule is NC(=O)C1CCN(C(=O)NCOc2ccccc2)CC1. The van der Waals surface area contributed by atoms with Gasteiger partial charge in [0.15, 0.2) is 6.73 Å². The minimum Gasteiger partial charge on any atom is -0.473 e. The van der Waals surface area contributed by atoms with E-state index < -0.39 is 0 Å². The van der Waals surface area contributed by atoms with Crippen LogP contribution in [0.25, 0.3) is 0 Å². The predicted molar refractivity (Wildman–Crippen MR) is 74.0 cm³/mol. The molecule has 108 valence electrons. The molecule has 2 rings (SSSR count). The number of hydrogen-bond acceptors (Lipinski definition) is 3. The highest BCUT2D eigenvalue weighted by molar-refractivity contribution is 5.78. The minimum atomic E-state index is -0.280. The fraction of sp³-hybridized carbons (Fsp3) is 0.429. The zero-order valence-electron chi connectivity index (χ0n) is 11.2. The van der Waals surface area contributed by atoms with Gasteiger partial charge in [-0.3, -0.25) is 4.79 Å². The summed E-state index contributed by atoms with van der Waals surface area (Å²) in [6, 6.07) is 9.10. The smallest absolute Gasteiger partial charge is 0.320 e. The van der Waals surface area contributed by atoms with E-state index >= 15 is 0 Å². The number of hydrogen-bond donors (Lipinski definition) is 2. The first kappa shape index (κ1) is 14.2. The lowest BCUT2D eigenvalue weighted by molar-refractivity contribution is -0.123. The molecule has 1 heterocycles. The van der Waals surface area contributed by atoms with Gasteiger partial charge in [0.25, 0.3) is 0 Å². The van der Waals surface area contributed by atoms with Crippen LogP contribution in [-0.2, 0) is 4.79 Å². The molecular weight excluding hydrogens is 258 g/mol. The number of para-hydroxylation sites is 1. The Labute approximate surface area is 117 Å². The molecule has 20 heavy (non-hydrogen) atoms. The lowest BCUT2D eigenvalue weighted by atomic mass is 9.97. The fourth-order valence-electron chi connectivity index (χ4n) is 2.18. The number of rotatable bonds is 4. The Hall–Kier alpha value is -2.24. The van der Waals surface area contributed by atoms with Gasteiger partial charge in [-0.2, -0.15) is 0 Å². The number of amides is 3. The number of ether oxygens (including phenoxy) is 1. The second-order valence-electron chi connectivity index (χ2n) is 4.75. The van der Waals surface area contributed by atoms with Crippen molar-refractivity contribution in [2.24, 2.45) is 11.7 Å². The molecule has 0 aromatic heterocycles. The molecule has 3 N–H and O–H groups in total. The van der Waals surface area contributed by atoms with E-state index in [4.69, 9.17) is 10.5 Å². The molecule has 6 nitrogen and oxygen atoms in total. The Bertz CT molecular complexity index is 456. The largest absolute Gasteiger partial charge is 0.473 e. The zero-order valence-corrected chi connectivity index (χ0v) is 11.2. The number of primary amides is 1. The van der Waals surface area contributed by atoms with E-state index in [9.17, 15) is 9.59 Å². The average Bonchev–Trinajstić information content (AvgIpc) is 2.48. The summed E-state index contributed by atoms with van der Waals surface area (Å²) in [5.41, 5.74) is 5.26. The zero-order chi connectivity index (χ0) is 14.4. The van der Waals surface area contributed by atoms with Gasteiger partial charge in [0.1, 0.15) is 5.75 Å². The van der Waals surface area contributed by atoms with Gasteiger partial charge in [0, 0.05) is 19.0 Å². The molecule has 0 aliphatic carbocycles. The number of urea groups is 1. The lowest BCUT2D eigenvalue weighted by Crippen LogP contribution is -2.47. The van der Waals surface area contributed by atoms with E-state index in [1.165, 1.54) is 0 Å². The van der Waals surface area contributed by atoms with Crippen LogP contribution in [0.5, 0.6) is 5.75 Å². The van der Waals surface area contributed by atoms with Gasteiger partial charge in [0.05, 0.1) is 0 Å². The molecule has 1 aromatic rings. The van der Waals surface area contributed by atoms with Crippen LogP contribution in [0.15, 0.2) is 30.3 Å². The van der Waals surface area contributed by atoms with Crippen LogP contribution in [0, 0.1) is 5.92 Å². The molecule has 1 fully saturated rings. The first-order chi connectivity index (χ1) is 9.66. The molecule has 1 aromatic carbocycles. The van der Waals surface area contributed by atoms with Crippen molar-refractivity contribution in [3.8, 4) is 5.75 Å². The van der Waals surface area contributed by atoms with E-state index in [0.717, 1.165) is 0 Å². The van der Waals surface area contributed by atoms with E-state index in [-0.39, 0.29) is 24.6 Å². The third-order valence-electron chi connectivity index (χ3n) is 3.39. The Balaban J connectivity index is 1.69. The quantitative estimate of drug-likeness (QED) is 0.803. The summed E-state index contributed by atoms with van der Waals surface area (Å²) in [6.07, 6.45) is 1.25. The monoisotopic (exact) mass is 277 g/mol. The van der Waals surface area contributed by atoms with E-state index in [1.54, 1.807) is 4.90 Å². The summed E-state index contributed by atoms with van der Waals surface area (Å²) in [5, 5.41) is 2.69. The number of carbonyl (C=O) groups is 2. The molecule has 0 radical (unpaired) electrons. The van der Waals surface area contributed by atoms with Crippen LogP contribution in [0.1, 0.15) is 12.8 Å². The Morgan fingerprint density at radius 2 is 1.90 bits per heavy atom. The molecule has 6 heteroatoms. The highest BCUT2D eigenvalue weighted by atomic mass is 16.5. The van der Waals surface area contributed by atoms with Gasteiger partial charge in [-0.25, -0.2) is 4.79 Å². The summed E-state index contributed by atoms with van der Waals surface area (Å²) in [6.45, 7) is 1.22. The Morgan fingerprint density at radius 1 is 1.25 bits per heavy atom. The van der Waals surface area contributed by atoms with Gasteiger partial charge in [-0.05, 0) is 25.0 Å². The van der Waals surface area contributed by atoms with Crippen LogP contribution in [0.3, 0.4) is 0 Å². The number of nitrogens with two attached hydrogens (primary N) is 1. The van der Waals surface area contributed by atoms with E-state index in [1.807, 2.05) is 30.3 Å². The van der Waals surface area contributed by atoms with Crippen LogP contribution >= 0.6 is 0 Å². The molecule has 1 saturated heterocycles. The van der Waals surface area contributed by atoms with Gasteiger partial charge < -0.3 is 20.7 Å². The number of carbonyl (C=O) groups excluding carboxylic acids is 2. The molecule has 0 spiro atoms. The van der Waals surface area contributed by atoms with Gasteiger partial charge in [0.2, 0.25) is 5.91 Å².